The van der Waals surface area contributed by atoms with Gasteiger partial charge in [0, 0.05) is 12.0 Å². The molecule has 1 nitrogen and oxygen atoms in total. The molecule has 118 valence electrons. The highest BCUT2D eigenvalue weighted by molar-refractivity contribution is 7.80. The molecule has 2 unspecified atom stereocenters. The molecule has 0 aliphatic heterocycles. The molecule has 0 bridgehead atoms. The molecule has 2 heteroatoms. The summed E-state index contributed by atoms with van der Waals surface area (Å²) in [5.41, 5.74) is 1.31. The molecule has 1 aromatic carbocycles. The van der Waals surface area contributed by atoms with Gasteiger partial charge in [0.25, 0.3) is 0 Å². The van der Waals surface area contributed by atoms with E-state index >= 15 is 0 Å². The van der Waals surface area contributed by atoms with Crippen molar-refractivity contribution in [2.75, 3.05) is 0 Å². The smallest absolute Gasteiger partial charge is 0.0789 e. The van der Waals surface area contributed by atoms with Crippen LogP contribution in [0.15, 0.2) is 30.3 Å². The largest absolute Gasteiger partial charge is 0.373 e. The summed E-state index contributed by atoms with van der Waals surface area (Å²) in [7, 11) is 0. The van der Waals surface area contributed by atoms with Gasteiger partial charge in [-0.25, -0.2) is 0 Å². The lowest BCUT2D eigenvalue weighted by molar-refractivity contribution is 0.507. The standard InChI is InChI=1S/C19H31NS/c1-4-6-7-9-15-18(12-5-2)19(21)20-16(3)17-13-10-8-11-14-17/h8,10-11,13-14,16,18H,4-7,9,12,15H2,1-3H3,(H,20,21). The Morgan fingerprint density at radius 3 is 2.33 bits per heavy atom. The minimum absolute atomic E-state index is 0.300. The quantitative estimate of drug-likeness (QED) is 0.417. The van der Waals surface area contributed by atoms with Crippen LogP contribution in [-0.4, -0.2) is 4.99 Å². The summed E-state index contributed by atoms with van der Waals surface area (Å²) in [4.78, 5) is 1.06. The van der Waals surface area contributed by atoms with Crippen LogP contribution in [0.1, 0.15) is 77.3 Å². The second-order valence-electron chi connectivity index (χ2n) is 5.98. The van der Waals surface area contributed by atoms with Crippen molar-refractivity contribution in [3.05, 3.63) is 35.9 Å². The van der Waals surface area contributed by atoms with Gasteiger partial charge in [0.1, 0.15) is 0 Å². The van der Waals surface area contributed by atoms with Gasteiger partial charge in [0.05, 0.1) is 4.99 Å². The van der Waals surface area contributed by atoms with Gasteiger partial charge in [0.15, 0.2) is 0 Å². The van der Waals surface area contributed by atoms with Crippen LogP contribution in [0.3, 0.4) is 0 Å². The fraction of sp³-hybridized carbons (Fsp3) is 0.632. The molecule has 1 aromatic rings. The highest BCUT2D eigenvalue weighted by atomic mass is 32.1. The zero-order valence-electron chi connectivity index (χ0n) is 13.9. The highest BCUT2D eigenvalue weighted by Crippen LogP contribution is 2.20. The van der Waals surface area contributed by atoms with Crippen molar-refractivity contribution in [2.24, 2.45) is 5.92 Å². The second kappa shape index (κ2) is 10.8. The van der Waals surface area contributed by atoms with Crippen molar-refractivity contribution in [3.63, 3.8) is 0 Å². The minimum atomic E-state index is 0.300. The van der Waals surface area contributed by atoms with Gasteiger partial charge in [-0.05, 0) is 25.3 Å². The molecule has 0 amide bonds. The summed E-state index contributed by atoms with van der Waals surface area (Å²) >= 11 is 5.68. The van der Waals surface area contributed by atoms with Crippen LogP contribution in [0.25, 0.3) is 0 Å². The fourth-order valence-electron chi connectivity index (χ4n) is 2.73. The maximum atomic E-state index is 5.68. The third kappa shape index (κ3) is 7.08. The van der Waals surface area contributed by atoms with E-state index in [1.807, 2.05) is 0 Å². The summed E-state index contributed by atoms with van der Waals surface area (Å²) in [6.07, 6.45) is 8.94. The molecule has 2 atom stereocenters. The summed E-state index contributed by atoms with van der Waals surface area (Å²) in [6.45, 7) is 6.71. The normalized spacial score (nSPS) is 13.7. The van der Waals surface area contributed by atoms with E-state index in [0.29, 0.717) is 12.0 Å². The molecule has 0 saturated carbocycles. The van der Waals surface area contributed by atoms with E-state index in [1.165, 1.54) is 50.5 Å². The average Bonchev–Trinajstić information content (AvgIpc) is 2.51. The van der Waals surface area contributed by atoms with Gasteiger partial charge in [-0.1, -0.05) is 88.5 Å². The molecule has 0 aromatic heterocycles. The van der Waals surface area contributed by atoms with Gasteiger partial charge in [-0.2, -0.15) is 0 Å². The number of hydrogen-bond donors (Lipinski definition) is 1. The second-order valence-corrected chi connectivity index (χ2v) is 6.42. The van der Waals surface area contributed by atoms with Crippen LogP contribution in [0.2, 0.25) is 0 Å². The van der Waals surface area contributed by atoms with E-state index in [1.54, 1.807) is 0 Å². The van der Waals surface area contributed by atoms with E-state index in [9.17, 15) is 0 Å². The number of thiocarbonyl (C=S) groups is 1. The van der Waals surface area contributed by atoms with Crippen LogP contribution < -0.4 is 5.32 Å². The number of nitrogens with one attached hydrogen (secondary N) is 1. The first kappa shape index (κ1) is 18.2. The molecular weight excluding hydrogens is 274 g/mol. The Balaban J connectivity index is 2.48. The Morgan fingerprint density at radius 2 is 1.71 bits per heavy atom. The molecular formula is C19H31NS. The number of benzene rings is 1. The SMILES string of the molecule is CCCCCCC(CCC)C(=S)NC(C)c1ccccc1. The molecule has 0 radical (unpaired) electrons. The Labute approximate surface area is 136 Å². The first-order chi connectivity index (χ1) is 10.2. The maximum Gasteiger partial charge on any atom is 0.0789 e. The topological polar surface area (TPSA) is 12.0 Å². The van der Waals surface area contributed by atoms with Crippen molar-refractivity contribution in [1.82, 2.24) is 5.32 Å². The van der Waals surface area contributed by atoms with Crippen LogP contribution in [0, 0.1) is 5.92 Å². The summed E-state index contributed by atoms with van der Waals surface area (Å²) in [6, 6.07) is 10.9. The monoisotopic (exact) mass is 305 g/mol. The summed E-state index contributed by atoms with van der Waals surface area (Å²) < 4.78 is 0. The molecule has 0 saturated heterocycles. The Hall–Kier alpha value is -0.890. The lowest BCUT2D eigenvalue weighted by Gasteiger charge is -2.23. The van der Waals surface area contributed by atoms with E-state index in [0.717, 1.165) is 4.99 Å². The van der Waals surface area contributed by atoms with Crippen molar-refractivity contribution in [3.8, 4) is 0 Å². The van der Waals surface area contributed by atoms with Gasteiger partial charge in [0.2, 0.25) is 0 Å². The Bertz CT molecular complexity index is 388. The zero-order valence-corrected chi connectivity index (χ0v) is 14.7. The van der Waals surface area contributed by atoms with Crippen LogP contribution >= 0.6 is 12.2 Å². The molecule has 1 rings (SSSR count). The fourth-order valence-corrected chi connectivity index (χ4v) is 3.14. The van der Waals surface area contributed by atoms with Crippen molar-refractivity contribution in [2.45, 2.75) is 71.8 Å². The molecule has 0 aliphatic carbocycles. The van der Waals surface area contributed by atoms with Crippen molar-refractivity contribution < 1.29 is 0 Å². The van der Waals surface area contributed by atoms with Crippen LogP contribution in [0.5, 0.6) is 0 Å². The van der Waals surface area contributed by atoms with Crippen LogP contribution in [0.4, 0.5) is 0 Å². The zero-order chi connectivity index (χ0) is 15.5. The van der Waals surface area contributed by atoms with Crippen molar-refractivity contribution in [1.29, 1.82) is 0 Å². The number of hydrogen-bond acceptors (Lipinski definition) is 1. The molecule has 0 aliphatic rings. The van der Waals surface area contributed by atoms with E-state index in [4.69, 9.17) is 12.2 Å². The lowest BCUT2D eigenvalue weighted by atomic mass is 9.95. The first-order valence-corrected chi connectivity index (χ1v) is 8.95. The van der Waals surface area contributed by atoms with Gasteiger partial charge >= 0.3 is 0 Å². The minimum Gasteiger partial charge on any atom is -0.373 e. The van der Waals surface area contributed by atoms with Crippen LogP contribution in [-0.2, 0) is 0 Å². The maximum absolute atomic E-state index is 5.68. The first-order valence-electron chi connectivity index (χ1n) is 8.54. The lowest BCUT2D eigenvalue weighted by Crippen LogP contribution is -2.31. The third-order valence-electron chi connectivity index (χ3n) is 4.07. The average molecular weight is 306 g/mol. The summed E-state index contributed by atoms with van der Waals surface area (Å²) in [5, 5.41) is 3.55. The van der Waals surface area contributed by atoms with Crippen molar-refractivity contribution >= 4 is 17.2 Å². The van der Waals surface area contributed by atoms with E-state index < -0.39 is 0 Å². The molecule has 0 fully saturated rings. The van der Waals surface area contributed by atoms with E-state index in [-0.39, 0.29) is 0 Å². The molecule has 0 spiro atoms. The summed E-state index contributed by atoms with van der Waals surface area (Å²) in [5.74, 6) is 0.549. The van der Waals surface area contributed by atoms with Gasteiger partial charge < -0.3 is 5.32 Å². The Kier molecular flexibility index (Phi) is 9.32. The molecule has 0 heterocycles. The molecule has 1 N–H and O–H groups in total. The van der Waals surface area contributed by atoms with E-state index in [2.05, 4.69) is 56.4 Å². The number of unbranched alkanes of at least 4 members (excludes halogenated alkanes) is 3. The predicted molar refractivity (Wildman–Crippen MR) is 97.7 cm³/mol. The van der Waals surface area contributed by atoms with Gasteiger partial charge in [-0.3, -0.25) is 0 Å². The molecule has 21 heavy (non-hydrogen) atoms. The third-order valence-corrected chi connectivity index (χ3v) is 4.52. The Morgan fingerprint density at radius 1 is 1.00 bits per heavy atom. The predicted octanol–water partition coefficient (Wildman–Crippen LogP) is 6.05. The number of rotatable bonds is 10. The van der Waals surface area contributed by atoms with Gasteiger partial charge in [-0.15, -0.1) is 0 Å². The highest BCUT2D eigenvalue weighted by Gasteiger charge is 2.15.